The fraction of sp³-hybridized carbons (Fsp3) is 0.286. The zero-order valence-corrected chi connectivity index (χ0v) is 8.46. The summed E-state index contributed by atoms with van der Waals surface area (Å²) in [6.45, 7) is 0. The predicted molar refractivity (Wildman–Crippen MR) is 60.1 cm³/mol. The highest BCUT2D eigenvalue weighted by Gasteiger charge is 2.00. The minimum Gasteiger partial charge on any atom is -0.380 e. The van der Waals surface area contributed by atoms with Crippen molar-refractivity contribution in [3.05, 3.63) is 35.4 Å². The molecule has 0 heterocycles. The molecule has 0 spiro atoms. The first-order valence-electron chi connectivity index (χ1n) is 5.14. The normalized spacial score (nSPS) is 18.9. The van der Waals surface area contributed by atoms with Crippen LogP contribution in [0.4, 0.5) is 0 Å². The standard InChI is InChI=1S/C14H12O/c15-14-9-3-1-2-6-12-7-4-5-8-13(12)10-11-14/h4-5,7-8,14-15H,1,3,9H2. The van der Waals surface area contributed by atoms with E-state index < -0.39 is 6.10 Å². The highest BCUT2D eigenvalue weighted by molar-refractivity contribution is 5.50. The maximum atomic E-state index is 9.53. The Morgan fingerprint density at radius 2 is 1.87 bits per heavy atom. The molecular formula is C14H12O. The molecule has 1 aromatic rings. The molecule has 0 bridgehead atoms. The maximum Gasteiger partial charge on any atom is 0.115 e. The SMILES string of the molecule is OC1C#Cc2ccccc2C#CCCC1. The number of rotatable bonds is 0. The van der Waals surface area contributed by atoms with Gasteiger partial charge in [0, 0.05) is 17.5 Å². The molecule has 1 N–H and O–H groups in total. The monoisotopic (exact) mass is 196 g/mol. The lowest BCUT2D eigenvalue weighted by atomic mass is 10.1. The average molecular weight is 196 g/mol. The van der Waals surface area contributed by atoms with Crippen LogP contribution in [0.1, 0.15) is 30.4 Å². The predicted octanol–water partition coefficient (Wildman–Crippen LogP) is 1.93. The second kappa shape index (κ2) is 4.69. The van der Waals surface area contributed by atoms with Crippen LogP contribution in [0.25, 0.3) is 0 Å². The first kappa shape index (κ1) is 9.84. The molecule has 0 saturated heterocycles. The van der Waals surface area contributed by atoms with E-state index in [1.807, 2.05) is 24.3 Å². The number of benzene rings is 1. The van der Waals surface area contributed by atoms with Gasteiger partial charge in [0.05, 0.1) is 0 Å². The highest BCUT2D eigenvalue weighted by atomic mass is 16.3. The number of aliphatic hydroxyl groups excluding tert-OH is 1. The largest absolute Gasteiger partial charge is 0.380 e. The first-order valence-corrected chi connectivity index (χ1v) is 5.14. The van der Waals surface area contributed by atoms with Gasteiger partial charge in [0.1, 0.15) is 6.10 Å². The van der Waals surface area contributed by atoms with Crippen LogP contribution in [-0.4, -0.2) is 11.2 Å². The van der Waals surface area contributed by atoms with Crippen molar-refractivity contribution in [1.82, 2.24) is 0 Å². The van der Waals surface area contributed by atoms with Crippen molar-refractivity contribution in [1.29, 1.82) is 0 Å². The molecule has 74 valence electrons. The zero-order chi connectivity index (χ0) is 10.5. The van der Waals surface area contributed by atoms with E-state index in [0.717, 1.165) is 24.0 Å². The van der Waals surface area contributed by atoms with E-state index in [1.165, 1.54) is 0 Å². The van der Waals surface area contributed by atoms with Crippen LogP contribution in [0.5, 0.6) is 0 Å². The van der Waals surface area contributed by atoms with Crippen LogP contribution < -0.4 is 0 Å². The Balaban J connectivity index is 2.42. The molecule has 2 rings (SSSR count). The summed E-state index contributed by atoms with van der Waals surface area (Å²) in [7, 11) is 0. The van der Waals surface area contributed by atoms with Crippen LogP contribution >= 0.6 is 0 Å². The second-order valence-corrected chi connectivity index (χ2v) is 3.52. The lowest BCUT2D eigenvalue weighted by molar-refractivity contribution is 0.219. The smallest absolute Gasteiger partial charge is 0.115 e. The number of hydrogen-bond acceptors (Lipinski definition) is 1. The summed E-state index contributed by atoms with van der Waals surface area (Å²) in [5.74, 6) is 12.0. The van der Waals surface area contributed by atoms with Crippen molar-refractivity contribution in [3.8, 4) is 23.7 Å². The van der Waals surface area contributed by atoms with Crippen molar-refractivity contribution in [2.75, 3.05) is 0 Å². The Morgan fingerprint density at radius 3 is 2.67 bits per heavy atom. The number of aliphatic hydroxyl groups is 1. The van der Waals surface area contributed by atoms with Crippen LogP contribution in [0.2, 0.25) is 0 Å². The van der Waals surface area contributed by atoms with Crippen molar-refractivity contribution in [2.45, 2.75) is 25.4 Å². The van der Waals surface area contributed by atoms with Gasteiger partial charge in [-0.2, -0.15) is 0 Å². The minimum atomic E-state index is -0.516. The van der Waals surface area contributed by atoms with Gasteiger partial charge in [0.15, 0.2) is 0 Å². The molecule has 0 aliphatic heterocycles. The summed E-state index contributed by atoms with van der Waals surface area (Å²) in [5.41, 5.74) is 1.87. The van der Waals surface area contributed by atoms with Crippen LogP contribution in [0.15, 0.2) is 24.3 Å². The van der Waals surface area contributed by atoms with Crippen molar-refractivity contribution < 1.29 is 5.11 Å². The van der Waals surface area contributed by atoms with Gasteiger partial charge < -0.3 is 5.11 Å². The molecule has 0 aromatic heterocycles. The van der Waals surface area contributed by atoms with Gasteiger partial charge in [-0.1, -0.05) is 35.8 Å². The quantitative estimate of drug-likeness (QED) is 0.629. The van der Waals surface area contributed by atoms with Crippen LogP contribution in [0.3, 0.4) is 0 Å². The van der Waals surface area contributed by atoms with Crippen molar-refractivity contribution in [2.24, 2.45) is 0 Å². The van der Waals surface area contributed by atoms with E-state index in [9.17, 15) is 5.11 Å². The van der Waals surface area contributed by atoms with Crippen molar-refractivity contribution >= 4 is 0 Å². The second-order valence-electron chi connectivity index (χ2n) is 3.52. The first-order chi connectivity index (χ1) is 7.36. The van der Waals surface area contributed by atoms with E-state index in [4.69, 9.17) is 0 Å². The number of fused-ring (bicyclic) bond motifs is 1. The summed E-state index contributed by atoms with van der Waals surface area (Å²) in [6.07, 6.45) is 1.93. The third kappa shape index (κ3) is 2.62. The molecule has 1 aromatic carbocycles. The highest BCUT2D eigenvalue weighted by Crippen LogP contribution is 2.08. The van der Waals surface area contributed by atoms with Gasteiger partial charge in [-0.25, -0.2) is 0 Å². The number of hydrogen-bond donors (Lipinski definition) is 1. The lowest BCUT2D eigenvalue weighted by Crippen LogP contribution is -2.02. The Morgan fingerprint density at radius 1 is 1.13 bits per heavy atom. The molecule has 1 unspecified atom stereocenters. The lowest BCUT2D eigenvalue weighted by Gasteiger charge is -2.02. The third-order valence-corrected chi connectivity index (χ3v) is 2.30. The molecule has 0 saturated carbocycles. The van der Waals surface area contributed by atoms with Gasteiger partial charge in [-0.15, -0.1) is 0 Å². The molecule has 0 fully saturated rings. The van der Waals surface area contributed by atoms with Gasteiger partial charge in [-0.05, 0) is 25.0 Å². The van der Waals surface area contributed by atoms with Gasteiger partial charge in [0.2, 0.25) is 0 Å². The molecule has 1 heteroatoms. The fourth-order valence-electron chi connectivity index (χ4n) is 1.48. The average Bonchev–Trinajstić information content (AvgIpc) is 2.27. The van der Waals surface area contributed by atoms with E-state index >= 15 is 0 Å². The Hall–Kier alpha value is -1.70. The van der Waals surface area contributed by atoms with Gasteiger partial charge in [0.25, 0.3) is 0 Å². The molecule has 1 aliphatic rings. The molecule has 1 atom stereocenters. The van der Waals surface area contributed by atoms with Gasteiger partial charge >= 0.3 is 0 Å². The van der Waals surface area contributed by atoms with Crippen LogP contribution in [-0.2, 0) is 0 Å². The Kier molecular flexibility index (Phi) is 3.08. The van der Waals surface area contributed by atoms with Crippen molar-refractivity contribution in [3.63, 3.8) is 0 Å². The Labute approximate surface area is 90.1 Å². The van der Waals surface area contributed by atoms with Crippen LogP contribution in [0, 0.1) is 23.7 Å². The summed E-state index contributed by atoms with van der Waals surface area (Å²) in [6, 6.07) is 7.79. The molecular weight excluding hydrogens is 184 g/mol. The molecule has 15 heavy (non-hydrogen) atoms. The molecule has 0 radical (unpaired) electrons. The maximum absolute atomic E-state index is 9.53. The Bertz CT molecular complexity index is 465. The fourth-order valence-corrected chi connectivity index (χ4v) is 1.48. The topological polar surface area (TPSA) is 20.2 Å². The summed E-state index contributed by atoms with van der Waals surface area (Å²) in [4.78, 5) is 0. The zero-order valence-electron chi connectivity index (χ0n) is 8.46. The molecule has 1 nitrogen and oxygen atoms in total. The van der Waals surface area contributed by atoms with E-state index in [2.05, 4.69) is 23.7 Å². The molecule has 0 amide bonds. The van der Waals surface area contributed by atoms with E-state index in [-0.39, 0.29) is 0 Å². The van der Waals surface area contributed by atoms with E-state index in [0.29, 0.717) is 6.42 Å². The summed E-state index contributed by atoms with van der Waals surface area (Å²) < 4.78 is 0. The molecule has 1 aliphatic carbocycles. The summed E-state index contributed by atoms with van der Waals surface area (Å²) >= 11 is 0. The van der Waals surface area contributed by atoms with E-state index in [1.54, 1.807) is 0 Å². The third-order valence-electron chi connectivity index (χ3n) is 2.30. The van der Waals surface area contributed by atoms with Gasteiger partial charge in [-0.3, -0.25) is 0 Å². The summed E-state index contributed by atoms with van der Waals surface area (Å²) in [5, 5.41) is 9.53. The minimum absolute atomic E-state index is 0.516.